The molecule has 4 aliphatic rings. The molecule has 216 valence electrons. The Bertz CT molecular complexity index is 1620. The second kappa shape index (κ2) is 10.7. The van der Waals surface area contributed by atoms with Gasteiger partial charge in [-0.3, -0.25) is 4.79 Å². The van der Waals surface area contributed by atoms with E-state index in [2.05, 4.69) is 65.9 Å². The summed E-state index contributed by atoms with van der Waals surface area (Å²) in [4.78, 5) is 28.0. The van der Waals surface area contributed by atoms with E-state index >= 15 is 0 Å². The van der Waals surface area contributed by atoms with Gasteiger partial charge in [0, 0.05) is 31.1 Å². The molecule has 3 heterocycles. The highest BCUT2D eigenvalue weighted by atomic mass is 19.1. The summed E-state index contributed by atoms with van der Waals surface area (Å²) in [6.45, 7) is 5.79. The molecule has 3 fully saturated rings. The predicted molar refractivity (Wildman–Crippen MR) is 159 cm³/mol. The number of hydrogen-bond acceptors (Lipinski definition) is 7. The van der Waals surface area contributed by atoms with Crippen LogP contribution < -0.4 is 9.64 Å². The Balaban J connectivity index is 1.25. The van der Waals surface area contributed by atoms with Gasteiger partial charge in [-0.2, -0.15) is 15.2 Å². The van der Waals surface area contributed by atoms with Gasteiger partial charge in [0.15, 0.2) is 5.83 Å². The summed E-state index contributed by atoms with van der Waals surface area (Å²) < 4.78 is 20.0. The number of nitrogens with zero attached hydrogens (tertiary/aromatic N) is 6. The first-order chi connectivity index (χ1) is 20.4. The second-order valence-electron chi connectivity index (χ2n) is 12.2. The number of halogens is 1. The lowest BCUT2D eigenvalue weighted by Gasteiger charge is -2.41. The number of amides is 1. The van der Waals surface area contributed by atoms with E-state index in [1.807, 2.05) is 0 Å². The summed E-state index contributed by atoms with van der Waals surface area (Å²) in [6.07, 6.45) is 4.76. The molecule has 42 heavy (non-hydrogen) atoms. The lowest BCUT2D eigenvalue weighted by molar-refractivity contribution is -0.131. The third-order valence-electron chi connectivity index (χ3n) is 9.65. The smallest absolute Gasteiger partial charge is 0.319 e. The molecule has 1 aromatic heterocycles. The summed E-state index contributed by atoms with van der Waals surface area (Å²) in [7, 11) is 2.12. The van der Waals surface area contributed by atoms with Crippen molar-refractivity contribution in [1.29, 1.82) is 5.26 Å². The molecular weight excluding hydrogens is 531 g/mol. The maximum Gasteiger partial charge on any atom is 0.319 e. The number of anilines is 1. The van der Waals surface area contributed by atoms with Gasteiger partial charge < -0.3 is 19.4 Å². The van der Waals surface area contributed by atoms with Gasteiger partial charge in [0.2, 0.25) is 0 Å². The number of carbonyl (C=O) groups is 1. The maximum absolute atomic E-state index is 13.8. The van der Waals surface area contributed by atoms with Crippen LogP contribution in [0.3, 0.4) is 0 Å². The number of nitriles is 1. The van der Waals surface area contributed by atoms with Crippen LogP contribution >= 0.6 is 0 Å². The first-order valence-electron chi connectivity index (χ1n) is 15.0. The van der Waals surface area contributed by atoms with E-state index in [1.54, 1.807) is 0 Å². The zero-order valence-electron chi connectivity index (χ0n) is 23.9. The molecule has 0 N–H and O–H groups in total. The summed E-state index contributed by atoms with van der Waals surface area (Å²) >= 11 is 0. The van der Waals surface area contributed by atoms with Crippen molar-refractivity contribution in [3.63, 3.8) is 0 Å². The molecule has 3 aromatic rings. The standard InChI is InChI=1S/C33H35FN6O2/c1-20(34)32(41)40-14-13-39(18-23(40)10-11-35)31-27-9-8-21(25-6-3-7-26-28-15-22(28)16-29(25)26)17-30(27)36-33(37-31)42-19-24-5-4-12-38(24)2/h3,6-9,17,22-24,28H,1,4-5,10,12-16,18-19H2,2H3/t22-,23+,24+,28-/m1/s1. The van der Waals surface area contributed by atoms with Gasteiger partial charge >= 0.3 is 6.01 Å². The zero-order chi connectivity index (χ0) is 29.0. The molecule has 2 saturated heterocycles. The maximum atomic E-state index is 13.8. The zero-order valence-corrected chi connectivity index (χ0v) is 23.9. The van der Waals surface area contributed by atoms with E-state index in [0.29, 0.717) is 37.6 Å². The Hall–Kier alpha value is -4.03. The molecule has 2 aliphatic carbocycles. The van der Waals surface area contributed by atoms with Gasteiger partial charge in [0.25, 0.3) is 5.91 Å². The van der Waals surface area contributed by atoms with Crippen molar-refractivity contribution in [3.05, 3.63) is 59.9 Å². The SMILES string of the molecule is C=C(F)C(=O)N1CCN(c2nc(OC[C@@H]3CCCN3C)nc3cc(-c4cccc5c4C[C@H]4C[C@@H]54)ccc23)C[C@@H]1CC#N. The van der Waals surface area contributed by atoms with E-state index in [0.717, 1.165) is 54.1 Å². The van der Waals surface area contributed by atoms with Crippen LogP contribution in [-0.2, 0) is 11.2 Å². The molecular formula is C33H35FN6O2. The topological polar surface area (TPSA) is 85.6 Å². The number of likely N-dealkylation sites (tertiary alicyclic amines) is 1. The van der Waals surface area contributed by atoms with Crippen molar-refractivity contribution < 1.29 is 13.9 Å². The van der Waals surface area contributed by atoms with Crippen LogP contribution in [0.1, 0.15) is 42.7 Å². The molecule has 0 unspecified atom stereocenters. The number of piperazine rings is 1. The first-order valence-corrected chi connectivity index (χ1v) is 15.0. The Morgan fingerprint density at radius 1 is 1.19 bits per heavy atom. The van der Waals surface area contributed by atoms with Gasteiger partial charge in [0.05, 0.1) is 24.0 Å². The fourth-order valence-corrected chi connectivity index (χ4v) is 7.24. The molecule has 0 bridgehead atoms. The fraction of sp³-hybridized carbons (Fsp3) is 0.455. The molecule has 2 aromatic carbocycles. The van der Waals surface area contributed by atoms with E-state index < -0.39 is 17.8 Å². The van der Waals surface area contributed by atoms with E-state index in [4.69, 9.17) is 14.7 Å². The number of benzene rings is 2. The van der Waals surface area contributed by atoms with E-state index in [1.165, 1.54) is 28.0 Å². The van der Waals surface area contributed by atoms with Crippen molar-refractivity contribution in [2.45, 2.75) is 50.1 Å². The number of carbonyl (C=O) groups excluding carboxylic acids is 1. The third kappa shape index (κ3) is 4.78. The van der Waals surface area contributed by atoms with Crippen LogP contribution in [0.4, 0.5) is 10.2 Å². The van der Waals surface area contributed by atoms with Crippen LogP contribution in [0, 0.1) is 17.2 Å². The van der Waals surface area contributed by atoms with Gasteiger partial charge in [-0.15, -0.1) is 0 Å². The van der Waals surface area contributed by atoms with Gasteiger partial charge in [0.1, 0.15) is 12.4 Å². The minimum absolute atomic E-state index is 0.0845. The molecule has 0 radical (unpaired) electrons. The predicted octanol–water partition coefficient (Wildman–Crippen LogP) is 4.84. The highest BCUT2D eigenvalue weighted by Gasteiger charge is 2.45. The summed E-state index contributed by atoms with van der Waals surface area (Å²) in [5.74, 6) is 0.457. The summed E-state index contributed by atoms with van der Waals surface area (Å²) in [5, 5.41) is 10.4. The average molecular weight is 567 g/mol. The monoisotopic (exact) mass is 566 g/mol. The third-order valence-corrected chi connectivity index (χ3v) is 9.65. The van der Waals surface area contributed by atoms with Crippen molar-refractivity contribution in [2.75, 3.05) is 44.7 Å². The van der Waals surface area contributed by atoms with E-state index in [9.17, 15) is 14.4 Å². The lowest BCUT2D eigenvalue weighted by atomic mass is 9.94. The largest absolute Gasteiger partial charge is 0.462 e. The number of hydrogen-bond donors (Lipinski definition) is 0. The molecule has 2 aliphatic heterocycles. The van der Waals surface area contributed by atoms with E-state index in [-0.39, 0.29) is 13.0 Å². The fourth-order valence-electron chi connectivity index (χ4n) is 7.24. The summed E-state index contributed by atoms with van der Waals surface area (Å²) in [6, 6.07) is 15.3. The van der Waals surface area contributed by atoms with Crippen LogP contribution in [0.15, 0.2) is 48.8 Å². The van der Waals surface area contributed by atoms with Crippen LogP contribution in [-0.4, -0.2) is 77.6 Å². The number of aromatic nitrogens is 2. The minimum atomic E-state index is -1.01. The Labute approximate surface area is 245 Å². The Morgan fingerprint density at radius 3 is 2.86 bits per heavy atom. The molecule has 0 spiro atoms. The van der Waals surface area contributed by atoms with Gasteiger partial charge in [-0.1, -0.05) is 30.8 Å². The van der Waals surface area contributed by atoms with Crippen molar-refractivity contribution in [2.24, 2.45) is 5.92 Å². The Morgan fingerprint density at radius 2 is 2.07 bits per heavy atom. The Kier molecular flexibility index (Phi) is 6.82. The average Bonchev–Trinajstić information content (AvgIpc) is 3.49. The van der Waals surface area contributed by atoms with Crippen molar-refractivity contribution >= 4 is 22.6 Å². The number of ether oxygens (including phenoxy) is 1. The molecule has 8 nitrogen and oxygen atoms in total. The van der Waals surface area contributed by atoms with Crippen LogP contribution in [0.5, 0.6) is 6.01 Å². The highest BCUT2D eigenvalue weighted by Crippen LogP contribution is 2.57. The summed E-state index contributed by atoms with van der Waals surface area (Å²) in [5.41, 5.74) is 6.15. The van der Waals surface area contributed by atoms with Crippen LogP contribution in [0.2, 0.25) is 0 Å². The van der Waals surface area contributed by atoms with Gasteiger partial charge in [-0.25, -0.2) is 4.39 Å². The molecule has 4 atom stereocenters. The van der Waals surface area contributed by atoms with Crippen molar-refractivity contribution in [3.8, 4) is 23.2 Å². The molecule has 9 heteroatoms. The van der Waals surface area contributed by atoms with Crippen LogP contribution in [0.25, 0.3) is 22.0 Å². The number of fused-ring (bicyclic) bond motifs is 4. The quantitative estimate of drug-likeness (QED) is 0.378. The first kappa shape index (κ1) is 26.8. The second-order valence-corrected chi connectivity index (χ2v) is 12.2. The normalized spacial score (nSPS) is 24.8. The van der Waals surface area contributed by atoms with Gasteiger partial charge in [-0.05, 0) is 85.5 Å². The number of rotatable bonds is 7. The molecule has 1 amide bonds. The number of likely N-dealkylation sites (N-methyl/N-ethyl adjacent to an activating group) is 1. The minimum Gasteiger partial charge on any atom is -0.462 e. The van der Waals surface area contributed by atoms with Crippen molar-refractivity contribution in [1.82, 2.24) is 19.8 Å². The lowest BCUT2D eigenvalue weighted by Crippen LogP contribution is -2.55. The molecule has 1 saturated carbocycles. The molecule has 7 rings (SSSR count). The highest BCUT2D eigenvalue weighted by molar-refractivity contribution is 5.94.